The fourth-order valence-corrected chi connectivity index (χ4v) is 4.08. The molecule has 8 nitrogen and oxygen atoms in total. The number of benzene rings is 3. The molecule has 154 valence electrons. The van der Waals surface area contributed by atoms with Crippen LogP contribution in [-0.2, 0) is 10.0 Å². The van der Waals surface area contributed by atoms with E-state index in [0.717, 1.165) is 17.2 Å². The van der Waals surface area contributed by atoms with Crippen molar-refractivity contribution in [2.45, 2.75) is 11.8 Å². The Balaban J connectivity index is 1.97. The van der Waals surface area contributed by atoms with Gasteiger partial charge in [-0.15, -0.1) is 0 Å². The zero-order chi connectivity index (χ0) is 21.7. The number of aryl methyl sites for hydroxylation is 1. The van der Waals surface area contributed by atoms with Gasteiger partial charge in [0.1, 0.15) is 4.90 Å². The van der Waals surface area contributed by atoms with Crippen molar-refractivity contribution in [2.24, 2.45) is 5.10 Å². The highest BCUT2D eigenvalue weighted by Crippen LogP contribution is 2.30. The third-order valence-corrected chi connectivity index (χ3v) is 5.90. The first-order valence-corrected chi connectivity index (χ1v) is 10.5. The van der Waals surface area contributed by atoms with Gasteiger partial charge >= 0.3 is 0 Å². The summed E-state index contributed by atoms with van der Waals surface area (Å²) >= 11 is 6.03. The number of nitro benzene ring substituents is 1. The summed E-state index contributed by atoms with van der Waals surface area (Å²) < 4.78 is 28.3. The van der Waals surface area contributed by atoms with E-state index in [-0.39, 0.29) is 27.0 Å². The van der Waals surface area contributed by atoms with Crippen LogP contribution in [0.2, 0.25) is 5.02 Å². The minimum Gasteiger partial charge on any atom is -0.278 e. The summed E-state index contributed by atoms with van der Waals surface area (Å²) in [5.74, 6) is 0. The summed E-state index contributed by atoms with van der Waals surface area (Å²) in [6.07, 6.45) is 1.54. The topological polar surface area (TPSA) is 114 Å². The zero-order valence-corrected chi connectivity index (χ0v) is 17.3. The highest BCUT2D eigenvalue weighted by atomic mass is 35.5. The number of anilines is 2. The minimum atomic E-state index is -4.20. The van der Waals surface area contributed by atoms with Crippen molar-refractivity contribution in [1.82, 2.24) is 0 Å². The van der Waals surface area contributed by atoms with E-state index in [1.807, 2.05) is 31.2 Å². The lowest BCUT2D eigenvalue weighted by Crippen LogP contribution is -2.15. The second-order valence-corrected chi connectivity index (χ2v) is 8.31. The van der Waals surface area contributed by atoms with Crippen LogP contribution in [-0.4, -0.2) is 19.6 Å². The minimum absolute atomic E-state index is 0.0741. The number of para-hydroxylation sites is 1. The van der Waals surface area contributed by atoms with E-state index in [0.29, 0.717) is 0 Å². The molecule has 30 heavy (non-hydrogen) atoms. The Kier molecular flexibility index (Phi) is 6.34. The van der Waals surface area contributed by atoms with Crippen molar-refractivity contribution in [3.05, 3.63) is 93.0 Å². The predicted molar refractivity (Wildman–Crippen MR) is 118 cm³/mol. The standard InChI is InChI=1S/C20H17ClN4O4S/c1-14-6-2-3-7-15(14)13-22-23-19-11-10-16(25(26)27)12-20(19)30(28,29)24-18-9-5-4-8-17(18)21/h2-13,23-24H,1H3/b22-13+. The molecule has 3 aromatic rings. The second kappa shape index (κ2) is 8.93. The summed E-state index contributed by atoms with van der Waals surface area (Å²) in [7, 11) is -4.20. The molecule has 0 atom stereocenters. The lowest BCUT2D eigenvalue weighted by molar-refractivity contribution is -0.385. The van der Waals surface area contributed by atoms with Crippen LogP contribution >= 0.6 is 11.6 Å². The molecular weight excluding hydrogens is 428 g/mol. The van der Waals surface area contributed by atoms with E-state index < -0.39 is 14.9 Å². The quantitative estimate of drug-likeness (QED) is 0.308. The van der Waals surface area contributed by atoms with Gasteiger partial charge in [0, 0.05) is 12.1 Å². The van der Waals surface area contributed by atoms with Gasteiger partial charge in [-0.2, -0.15) is 5.10 Å². The fourth-order valence-electron chi connectivity index (χ4n) is 2.59. The van der Waals surface area contributed by atoms with Gasteiger partial charge in [0.2, 0.25) is 0 Å². The number of hydrogen-bond acceptors (Lipinski definition) is 6. The van der Waals surface area contributed by atoms with Crippen molar-refractivity contribution in [3.8, 4) is 0 Å². The molecule has 0 fully saturated rings. The summed E-state index contributed by atoms with van der Waals surface area (Å²) in [5.41, 5.74) is 4.34. The van der Waals surface area contributed by atoms with Crippen molar-refractivity contribution in [3.63, 3.8) is 0 Å². The maximum atomic E-state index is 13.0. The van der Waals surface area contributed by atoms with Crippen LogP contribution in [0.25, 0.3) is 0 Å². The predicted octanol–water partition coefficient (Wildman–Crippen LogP) is 4.80. The molecule has 3 rings (SSSR count). The van der Waals surface area contributed by atoms with E-state index in [9.17, 15) is 18.5 Å². The molecular formula is C20H17ClN4O4S. The second-order valence-electron chi connectivity index (χ2n) is 6.25. The number of nitrogens with zero attached hydrogens (tertiary/aromatic N) is 2. The molecule has 0 saturated carbocycles. The number of hydrazone groups is 1. The maximum Gasteiger partial charge on any atom is 0.270 e. The van der Waals surface area contributed by atoms with Gasteiger partial charge < -0.3 is 0 Å². The number of nitrogens with one attached hydrogen (secondary N) is 2. The molecule has 0 radical (unpaired) electrons. The summed E-state index contributed by atoms with van der Waals surface area (Å²) in [5, 5.41) is 15.4. The Morgan fingerprint density at radius 3 is 2.43 bits per heavy atom. The lowest BCUT2D eigenvalue weighted by atomic mass is 10.1. The van der Waals surface area contributed by atoms with Crippen molar-refractivity contribution >= 4 is 44.9 Å². The van der Waals surface area contributed by atoms with Crippen LogP contribution in [0.4, 0.5) is 17.1 Å². The average molecular weight is 445 g/mol. The molecule has 0 bridgehead atoms. The van der Waals surface area contributed by atoms with Crippen LogP contribution in [0.15, 0.2) is 76.7 Å². The average Bonchev–Trinajstić information content (AvgIpc) is 2.71. The molecule has 0 unspecified atom stereocenters. The molecule has 0 heterocycles. The molecule has 0 spiro atoms. The highest BCUT2D eigenvalue weighted by Gasteiger charge is 2.23. The summed E-state index contributed by atoms with van der Waals surface area (Å²) in [6.45, 7) is 1.91. The molecule has 2 N–H and O–H groups in total. The molecule has 0 saturated heterocycles. The van der Waals surface area contributed by atoms with Crippen LogP contribution in [0.1, 0.15) is 11.1 Å². The van der Waals surface area contributed by atoms with Crippen LogP contribution in [0.3, 0.4) is 0 Å². The van der Waals surface area contributed by atoms with Crippen molar-refractivity contribution in [1.29, 1.82) is 0 Å². The van der Waals surface area contributed by atoms with Gasteiger partial charge in [-0.05, 0) is 36.2 Å². The first kappa shape index (κ1) is 21.3. The van der Waals surface area contributed by atoms with Gasteiger partial charge in [-0.1, -0.05) is 48.0 Å². The Hall–Kier alpha value is -3.43. The van der Waals surface area contributed by atoms with E-state index >= 15 is 0 Å². The zero-order valence-electron chi connectivity index (χ0n) is 15.7. The molecule has 0 aromatic heterocycles. The third kappa shape index (κ3) is 4.94. The molecule has 0 aliphatic rings. The molecule has 0 amide bonds. The number of sulfonamides is 1. The molecule has 0 aliphatic heterocycles. The smallest absolute Gasteiger partial charge is 0.270 e. The highest BCUT2D eigenvalue weighted by molar-refractivity contribution is 7.93. The third-order valence-electron chi connectivity index (χ3n) is 4.16. The van der Waals surface area contributed by atoms with Gasteiger partial charge in [-0.3, -0.25) is 20.3 Å². The molecule has 10 heteroatoms. The van der Waals surface area contributed by atoms with Crippen molar-refractivity contribution < 1.29 is 13.3 Å². The van der Waals surface area contributed by atoms with E-state index in [1.54, 1.807) is 12.1 Å². The number of nitro groups is 1. The van der Waals surface area contributed by atoms with Gasteiger partial charge in [0.05, 0.1) is 27.5 Å². The number of hydrogen-bond donors (Lipinski definition) is 2. The van der Waals surface area contributed by atoms with Crippen LogP contribution in [0, 0.1) is 17.0 Å². The van der Waals surface area contributed by atoms with Gasteiger partial charge in [0.15, 0.2) is 0 Å². The SMILES string of the molecule is Cc1ccccc1/C=N/Nc1ccc([N+](=O)[O-])cc1S(=O)(=O)Nc1ccccc1Cl. The Morgan fingerprint density at radius 2 is 1.73 bits per heavy atom. The number of rotatable bonds is 7. The lowest BCUT2D eigenvalue weighted by Gasteiger charge is -2.13. The number of non-ortho nitro benzene ring substituents is 1. The Morgan fingerprint density at radius 1 is 1.03 bits per heavy atom. The van der Waals surface area contributed by atoms with Gasteiger partial charge in [0.25, 0.3) is 15.7 Å². The first-order chi connectivity index (χ1) is 14.3. The summed E-state index contributed by atoms with van der Waals surface area (Å²) in [6, 6.07) is 17.2. The Bertz CT molecular complexity index is 1230. The molecule has 3 aromatic carbocycles. The van der Waals surface area contributed by atoms with E-state index in [2.05, 4.69) is 15.2 Å². The van der Waals surface area contributed by atoms with Crippen LogP contribution in [0.5, 0.6) is 0 Å². The van der Waals surface area contributed by atoms with Crippen molar-refractivity contribution in [2.75, 3.05) is 10.1 Å². The van der Waals surface area contributed by atoms with E-state index in [4.69, 9.17) is 11.6 Å². The Labute approximate surface area is 178 Å². The largest absolute Gasteiger partial charge is 0.278 e. The first-order valence-electron chi connectivity index (χ1n) is 8.68. The van der Waals surface area contributed by atoms with Crippen LogP contribution < -0.4 is 10.1 Å². The number of halogens is 1. The fraction of sp³-hybridized carbons (Fsp3) is 0.0500. The van der Waals surface area contributed by atoms with Gasteiger partial charge in [-0.25, -0.2) is 8.42 Å². The maximum absolute atomic E-state index is 13.0. The van der Waals surface area contributed by atoms with E-state index in [1.165, 1.54) is 30.5 Å². The normalized spacial score (nSPS) is 11.4. The molecule has 0 aliphatic carbocycles. The summed E-state index contributed by atoms with van der Waals surface area (Å²) in [4.78, 5) is 10.2. The monoisotopic (exact) mass is 444 g/mol.